The Bertz CT molecular complexity index is 158. The topological polar surface area (TPSA) is 27.3 Å². The number of hydrogen-bond acceptors (Lipinski definition) is 3. The second-order valence-corrected chi connectivity index (χ2v) is 4.46. The van der Waals surface area contributed by atoms with Crippen LogP contribution in [0.1, 0.15) is 34.1 Å². The number of nitrogens with zero attached hydrogens (tertiary/aromatic N) is 1. The predicted molar refractivity (Wildman–Crippen MR) is 55.9 cm³/mol. The number of nitrogens with one attached hydrogen (secondary N) is 2. The van der Waals surface area contributed by atoms with Gasteiger partial charge in [-0.25, -0.2) is 10.4 Å². The Kier molecular flexibility index (Phi) is 3.71. The normalized spacial score (nSPS) is 32.8. The summed E-state index contributed by atoms with van der Waals surface area (Å²) in [6, 6.07) is 0. The Morgan fingerprint density at radius 1 is 1.31 bits per heavy atom. The smallest absolute Gasteiger partial charge is 0.0768 e. The molecule has 3 unspecified atom stereocenters. The molecule has 2 N–H and O–H groups in total. The molecule has 3 nitrogen and oxygen atoms in total. The van der Waals surface area contributed by atoms with Crippen molar-refractivity contribution >= 4 is 0 Å². The van der Waals surface area contributed by atoms with Crippen molar-refractivity contribution in [1.82, 2.24) is 15.8 Å². The van der Waals surface area contributed by atoms with Gasteiger partial charge in [-0.05, 0) is 11.8 Å². The molecule has 0 aromatic carbocycles. The third kappa shape index (κ3) is 2.42. The lowest BCUT2D eigenvalue weighted by Crippen LogP contribution is -2.40. The molecular formula is C10H23N3. The average Bonchev–Trinajstić information content (AvgIpc) is 2.46. The van der Waals surface area contributed by atoms with Crippen LogP contribution in [-0.4, -0.2) is 24.4 Å². The van der Waals surface area contributed by atoms with Gasteiger partial charge < -0.3 is 0 Å². The van der Waals surface area contributed by atoms with E-state index >= 15 is 0 Å². The Morgan fingerprint density at radius 3 is 2.31 bits per heavy atom. The van der Waals surface area contributed by atoms with E-state index in [9.17, 15) is 0 Å². The molecule has 0 bridgehead atoms. The predicted octanol–water partition coefficient (Wildman–Crippen LogP) is 1.38. The first kappa shape index (κ1) is 11.0. The molecule has 1 aliphatic heterocycles. The van der Waals surface area contributed by atoms with Crippen molar-refractivity contribution in [2.24, 2.45) is 11.8 Å². The van der Waals surface area contributed by atoms with E-state index in [1.165, 1.54) is 6.42 Å². The summed E-state index contributed by atoms with van der Waals surface area (Å²) in [6.45, 7) is 9.00. The largest absolute Gasteiger partial charge is 0.284 e. The minimum absolute atomic E-state index is 0.434. The van der Waals surface area contributed by atoms with Crippen LogP contribution in [0, 0.1) is 11.8 Å². The lowest BCUT2D eigenvalue weighted by atomic mass is 10.1. The second-order valence-electron chi connectivity index (χ2n) is 4.46. The van der Waals surface area contributed by atoms with Crippen LogP contribution in [-0.2, 0) is 0 Å². The van der Waals surface area contributed by atoms with Gasteiger partial charge in [-0.3, -0.25) is 5.32 Å². The Labute approximate surface area is 81.8 Å². The Morgan fingerprint density at radius 2 is 1.92 bits per heavy atom. The quantitative estimate of drug-likeness (QED) is 0.695. The second kappa shape index (κ2) is 4.40. The summed E-state index contributed by atoms with van der Waals surface area (Å²) in [4.78, 5) is 0. The molecule has 78 valence electrons. The molecule has 1 aliphatic rings. The number of hydrazine groups is 1. The standard InChI is InChI=1S/C10H23N3/c1-6-8(4)10-11-9(7(2)3)12-13(10)5/h7-12H,6H2,1-5H3. The molecule has 0 amide bonds. The molecule has 1 rings (SSSR count). The summed E-state index contributed by atoms with van der Waals surface area (Å²) in [7, 11) is 2.12. The van der Waals surface area contributed by atoms with Gasteiger partial charge in [0.15, 0.2) is 0 Å². The van der Waals surface area contributed by atoms with Gasteiger partial charge in [-0.2, -0.15) is 0 Å². The maximum atomic E-state index is 3.61. The molecule has 0 radical (unpaired) electrons. The van der Waals surface area contributed by atoms with Crippen LogP contribution in [0.15, 0.2) is 0 Å². The molecule has 1 saturated heterocycles. The van der Waals surface area contributed by atoms with Crippen molar-refractivity contribution in [3.05, 3.63) is 0 Å². The minimum Gasteiger partial charge on any atom is -0.284 e. The summed E-state index contributed by atoms with van der Waals surface area (Å²) >= 11 is 0. The zero-order valence-electron chi connectivity index (χ0n) is 9.46. The van der Waals surface area contributed by atoms with E-state index in [1.807, 2.05) is 0 Å². The Balaban J connectivity index is 2.51. The van der Waals surface area contributed by atoms with Crippen molar-refractivity contribution in [2.75, 3.05) is 7.05 Å². The molecule has 13 heavy (non-hydrogen) atoms. The van der Waals surface area contributed by atoms with Gasteiger partial charge in [0.2, 0.25) is 0 Å². The summed E-state index contributed by atoms with van der Waals surface area (Å²) in [5.74, 6) is 1.33. The van der Waals surface area contributed by atoms with Crippen LogP contribution in [0.25, 0.3) is 0 Å². The van der Waals surface area contributed by atoms with Crippen LogP contribution in [0.5, 0.6) is 0 Å². The number of hydrogen-bond donors (Lipinski definition) is 2. The SMILES string of the molecule is CCC(C)C1NC(C(C)C)NN1C. The molecule has 1 fully saturated rings. The van der Waals surface area contributed by atoms with Crippen LogP contribution in [0.4, 0.5) is 0 Å². The maximum absolute atomic E-state index is 3.61. The van der Waals surface area contributed by atoms with Gasteiger partial charge in [0.05, 0.1) is 12.3 Å². The molecule has 0 saturated carbocycles. The number of rotatable bonds is 3. The minimum atomic E-state index is 0.434. The van der Waals surface area contributed by atoms with Gasteiger partial charge in [-0.1, -0.05) is 34.1 Å². The summed E-state index contributed by atoms with van der Waals surface area (Å²) in [6.07, 6.45) is 2.13. The van der Waals surface area contributed by atoms with E-state index in [4.69, 9.17) is 0 Å². The first-order valence-electron chi connectivity index (χ1n) is 5.31. The van der Waals surface area contributed by atoms with E-state index in [2.05, 4.69) is 50.5 Å². The highest BCUT2D eigenvalue weighted by atomic mass is 15.6. The fraction of sp³-hybridized carbons (Fsp3) is 1.00. The fourth-order valence-corrected chi connectivity index (χ4v) is 1.74. The Hall–Kier alpha value is -0.120. The molecular weight excluding hydrogens is 162 g/mol. The van der Waals surface area contributed by atoms with Gasteiger partial charge >= 0.3 is 0 Å². The first-order chi connectivity index (χ1) is 6.06. The molecule has 0 spiro atoms. The highest BCUT2D eigenvalue weighted by molar-refractivity contribution is 4.82. The molecule has 0 aromatic heterocycles. The first-order valence-corrected chi connectivity index (χ1v) is 5.31. The maximum Gasteiger partial charge on any atom is 0.0768 e. The van der Waals surface area contributed by atoms with Crippen molar-refractivity contribution in [3.8, 4) is 0 Å². The van der Waals surface area contributed by atoms with Crippen LogP contribution in [0.2, 0.25) is 0 Å². The van der Waals surface area contributed by atoms with E-state index in [-0.39, 0.29) is 0 Å². The van der Waals surface area contributed by atoms with Crippen LogP contribution >= 0.6 is 0 Å². The van der Waals surface area contributed by atoms with E-state index in [0.29, 0.717) is 24.2 Å². The lowest BCUT2D eigenvalue weighted by Gasteiger charge is -2.23. The molecule has 0 aliphatic carbocycles. The summed E-state index contributed by atoms with van der Waals surface area (Å²) in [5, 5.41) is 5.81. The van der Waals surface area contributed by atoms with Crippen molar-refractivity contribution in [2.45, 2.75) is 46.4 Å². The molecule has 3 heteroatoms. The van der Waals surface area contributed by atoms with Crippen molar-refractivity contribution < 1.29 is 0 Å². The van der Waals surface area contributed by atoms with Gasteiger partial charge in [-0.15, -0.1) is 0 Å². The van der Waals surface area contributed by atoms with E-state index < -0.39 is 0 Å². The van der Waals surface area contributed by atoms with Gasteiger partial charge in [0.1, 0.15) is 0 Å². The average molecular weight is 185 g/mol. The molecule has 0 aromatic rings. The summed E-state index contributed by atoms with van der Waals surface area (Å²) < 4.78 is 0. The van der Waals surface area contributed by atoms with Crippen molar-refractivity contribution in [1.29, 1.82) is 0 Å². The van der Waals surface area contributed by atoms with Crippen LogP contribution < -0.4 is 10.7 Å². The van der Waals surface area contributed by atoms with Crippen LogP contribution in [0.3, 0.4) is 0 Å². The zero-order valence-corrected chi connectivity index (χ0v) is 9.46. The molecule has 3 atom stereocenters. The van der Waals surface area contributed by atoms with E-state index in [1.54, 1.807) is 0 Å². The van der Waals surface area contributed by atoms with Gasteiger partial charge in [0, 0.05) is 7.05 Å². The summed E-state index contributed by atoms with van der Waals surface area (Å²) in [5.41, 5.74) is 3.44. The zero-order chi connectivity index (χ0) is 10.0. The third-order valence-corrected chi connectivity index (χ3v) is 2.96. The third-order valence-electron chi connectivity index (χ3n) is 2.96. The monoisotopic (exact) mass is 185 g/mol. The fourth-order valence-electron chi connectivity index (χ4n) is 1.74. The highest BCUT2D eigenvalue weighted by Crippen LogP contribution is 2.16. The highest BCUT2D eigenvalue weighted by Gasteiger charge is 2.32. The molecule has 1 heterocycles. The van der Waals surface area contributed by atoms with Crippen molar-refractivity contribution in [3.63, 3.8) is 0 Å². The lowest BCUT2D eigenvalue weighted by molar-refractivity contribution is 0.168. The van der Waals surface area contributed by atoms with Gasteiger partial charge in [0.25, 0.3) is 0 Å². The van der Waals surface area contributed by atoms with E-state index in [0.717, 1.165) is 0 Å².